The summed E-state index contributed by atoms with van der Waals surface area (Å²) in [7, 11) is 3.13. The van der Waals surface area contributed by atoms with Crippen molar-refractivity contribution in [3.63, 3.8) is 0 Å². The van der Waals surface area contributed by atoms with Crippen molar-refractivity contribution in [1.82, 2.24) is 10.2 Å². The molecule has 7 heteroatoms. The van der Waals surface area contributed by atoms with Gasteiger partial charge in [0.2, 0.25) is 5.91 Å². The molecule has 0 unspecified atom stereocenters. The van der Waals surface area contributed by atoms with Crippen LogP contribution in [0.4, 0.5) is 5.69 Å². The van der Waals surface area contributed by atoms with E-state index in [-0.39, 0.29) is 11.7 Å². The third kappa shape index (κ3) is 5.10. The van der Waals surface area contributed by atoms with E-state index in [1.165, 1.54) is 28.5 Å². The molecule has 2 aromatic carbocycles. The van der Waals surface area contributed by atoms with Crippen LogP contribution >= 0.6 is 11.8 Å². The van der Waals surface area contributed by atoms with Gasteiger partial charge in [0.15, 0.2) is 0 Å². The van der Waals surface area contributed by atoms with Gasteiger partial charge in [-0.3, -0.25) is 4.79 Å². The minimum absolute atomic E-state index is 0.153. The fourth-order valence-corrected chi connectivity index (χ4v) is 3.62. The first kappa shape index (κ1) is 21.6. The van der Waals surface area contributed by atoms with E-state index in [1.54, 1.807) is 32.4 Å². The summed E-state index contributed by atoms with van der Waals surface area (Å²) < 4.78 is 10.5. The number of hydrogen-bond donors (Lipinski definition) is 1. The molecular formula is C23H25N3O3S. The zero-order chi connectivity index (χ0) is 21.7. The predicted octanol–water partition coefficient (Wildman–Crippen LogP) is 4.82. The number of aryl methyl sites for hydroxylation is 3. The number of rotatable bonds is 7. The lowest BCUT2D eigenvalue weighted by atomic mass is 9.99. The molecule has 1 N–H and O–H groups in total. The summed E-state index contributed by atoms with van der Waals surface area (Å²) in [4.78, 5) is 12.3. The Morgan fingerprint density at radius 1 is 0.933 bits per heavy atom. The molecule has 0 aliphatic carbocycles. The molecule has 0 atom stereocenters. The van der Waals surface area contributed by atoms with Crippen LogP contribution in [0.5, 0.6) is 11.5 Å². The van der Waals surface area contributed by atoms with Crippen molar-refractivity contribution >= 4 is 23.4 Å². The number of carbonyl (C=O) groups excluding carboxylic acids is 1. The number of amides is 1. The Balaban J connectivity index is 1.63. The highest BCUT2D eigenvalue weighted by atomic mass is 32.2. The molecule has 1 aromatic heterocycles. The maximum atomic E-state index is 12.3. The zero-order valence-corrected chi connectivity index (χ0v) is 18.6. The van der Waals surface area contributed by atoms with Crippen LogP contribution in [0, 0.1) is 20.8 Å². The summed E-state index contributed by atoms with van der Waals surface area (Å²) >= 11 is 1.33. The van der Waals surface area contributed by atoms with Crippen LogP contribution in [0.2, 0.25) is 0 Å². The standard InChI is InChI=1S/C23H25N3O3S/c1-14-10-16(3)18(11-15(14)2)19-8-9-23(26-25-19)30-13-22(27)24-20-7-6-17(28-4)12-21(20)29-5/h6-12H,13H2,1-5H3,(H,24,27). The van der Waals surface area contributed by atoms with Gasteiger partial charge in [-0.25, -0.2) is 0 Å². The monoisotopic (exact) mass is 423 g/mol. The molecule has 0 aliphatic rings. The smallest absolute Gasteiger partial charge is 0.234 e. The molecule has 6 nitrogen and oxygen atoms in total. The zero-order valence-electron chi connectivity index (χ0n) is 17.8. The highest BCUT2D eigenvalue weighted by molar-refractivity contribution is 7.99. The molecule has 1 heterocycles. The van der Waals surface area contributed by atoms with E-state index in [1.807, 2.05) is 12.1 Å². The van der Waals surface area contributed by atoms with Crippen LogP contribution < -0.4 is 14.8 Å². The first-order valence-electron chi connectivity index (χ1n) is 9.48. The molecule has 3 aromatic rings. The Hall–Kier alpha value is -3.06. The van der Waals surface area contributed by atoms with E-state index in [0.29, 0.717) is 22.2 Å². The molecule has 30 heavy (non-hydrogen) atoms. The second-order valence-corrected chi connectivity index (χ2v) is 7.91. The van der Waals surface area contributed by atoms with Gasteiger partial charge in [0, 0.05) is 11.6 Å². The molecule has 0 radical (unpaired) electrons. The summed E-state index contributed by atoms with van der Waals surface area (Å²) in [5.74, 6) is 1.26. The molecule has 0 aliphatic heterocycles. The molecule has 0 fully saturated rings. The lowest BCUT2D eigenvalue weighted by Crippen LogP contribution is -2.14. The van der Waals surface area contributed by atoms with Crippen molar-refractivity contribution in [2.45, 2.75) is 25.8 Å². The lowest BCUT2D eigenvalue weighted by Gasteiger charge is -2.11. The first-order chi connectivity index (χ1) is 14.4. The number of nitrogens with one attached hydrogen (secondary N) is 1. The van der Waals surface area contributed by atoms with E-state index in [9.17, 15) is 4.79 Å². The van der Waals surface area contributed by atoms with Gasteiger partial charge >= 0.3 is 0 Å². The number of nitrogens with zero attached hydrogens (tertiary/aromatic N) is 2. The quantitative estimate of drug-likeness (QED) is 0.550. The predicted molar refractivity (Wildman–Crippen MR) is 121 cm³/mol. The van der Waals surface area contributed by atoms with E-state index < -0.39 is 0 Å². The summed E-state index contributed by atoms with van der Waals surface area (Å²) in [5.41, 5.74) is 6.15. The van der Waals surface area contributed by atoms with Crippen LogP contribution in [0.1, 0.15) is 16.7 Å². The second-order valence-electron chi connectivity index (χ2n) is 6.91. The van der Waals surface area contributed by atoms with Crippen molar-refractivity contribution in [3.8, 4) is 22.8 Å². The average molecular weight is 424 g/mol. The maximum Gasteiger partial charge on any atom is 0.234 e. The van der Waals surface area contributed by atoms with E-state index in [0.717, 1.165) is 11.3 Å². The van der Waals surface area contributed by atoms with E-state index in [4.69, 9.17) is 9.47 Å². The normalized spacial score (nSPS) is 10.6. The fourth-order valence-electron chi connectivity index (χ4n) is 3.00. The molecular weight excluding hydrogens is 398 g/mol. The van der Waals surface area contributed by atoms with Gasteiger partial charge < -0.3 is 14.8 Å². The number of ether oxygens (including phenoxy) is 2. The summed E-state index contributed by atoms with van der Waals surface area (Å²) in [6.45, 7) is 6.26. The molecule has 0 spiro atoms. The average Bonchev–Trinajstić information content (AvgIpc) is 2.75. The molecule has 0 bridgehead atoms. The van der Waals surface area contributed by atoms with E-state index >= 15 is 0 Å². The Labute approximate surface area is 181 Å². The highest BCUT2D eigenvalue weighted by Crippen LogP contribution is 2.29. The number of hydrogen-bond acceptors (Lipinski definition) is 6. The molecule has 1 amide bonds. The Bertz CT molecular complexity index is 1050. The SMILES string of the molecule is COc1ccc(NC(=O)CSc2ccc(-c3cc(C)c(C)cc3C)nn2)c(OC)c1. The van der Waals surface area contributed by atoms with Crippen molar-refractivity contribution < 1.29 is 14.3 Å². The van der Waals surface area contributed by atoms with Crippen LogP contribution in [-0.2, 0) is 4.79 Å². The Kier molecular flexibility index (Phi) is 6.95. The Morgan fingerprint density at radius 2 is 1.70 bits per heavy atom. The van der Waals surface area contributed by atoms with Crippen molar-refractivity contribution in [3.05, 3.63) is 59.2 Å². The third-order valence-corrected chi connectivity index (χ3v) is 5.71. The third-order valence-electron chi connectivity index (χ3n) is 4.79. The Morgan fingerprint density at radius 3 is 2.37 bits per heavy atom. The minimum atomic E-state index is -0.153. The van der Waals surface area contributed by atoms with Crippen LogP contribution in [-0.4, -0.2) is 36.1 Å². The largest absolute Gasteiger partial charge is 0.497 e. The highest BCUT2D eigenvalue weighted by Gasteiger charge is 2.11. The topological polar surface area (TPSA) is 73.3 Å². The van der Waals surface area contributed by atoms with Crippen molar-refractivity contribution in [2.75, 3.05) is 25.3 Å². The number of carbonyl (C=O) groups is 1. The summed E-state index contributed by atoms with van der Waals surface area (Å²) in [5, 5.41) is 12.2. The lowest BCUT2D eigenvalue weighted by molar-refractivity contribution is -0.113. The van der Waals surface area contributed by atoms with Gasteiger partial charge in [0.25, 0.3) is 0 Å². The number of anilines is 1. The number of benzene rings is 2. The maximum absolute atomic E-state index is 12.3. The number of thioether (sulfide) groups is 1. The number of methoxy groups -OCH3 is 2. The second kappa shape index (κ2) is 9.63. The fraction of sp³-hybridized carbons (Fsp3) is 0.261. The number of aromatic nitrogens is 2. The van der Waals surface area contributed by atoms with Gasteiger partial charge in [-0.15, -0.1) is 10.2 Å². The molecule has 156 valence electrons. The summed E-state index contributed by atoms with van der Waals surface area (Å²) in [6, 6.07) is 13.4. The van der Waals surface area contributed by atoms with Crippen molar-refractivity contribution in [1.29, 1.82) is 0 Å². The van der Waals surface area contributed by atoms with Crippen LogP contribution in [0.3, 0.4) is 0 Å². The van der Waals surface area contributed by atoms with Gasteiger partial charge in [-0.05, 0) is 67.8 Å². The minimum Gasteiger partial charge on any atom is -0.497 e. The van der Waals surface area contributed by atoms with Gasteiger partial charge in [0.1, 0.15) is 16.5 Å². The van der Waals surface area contributed by atoms with Crippen molar-refractivity contribution in [2.24, 2.45) is 0 Å². The van der Waals surface area contributed by atoms with Crippen LogP contribution in [0.15, 0.2) is 47.5 Å². The van der Waals surface area contributed by atoms with Gasteiger partial charge in [0.05, 0.1) is 31.4 Å². The van der Waals surface area contributed by atoms with Gasteiger partial charge in [-0.2, -0.15) is 0 Å². The van der Waals surface area contributed by atoms with Gasteiger partial charge in [-0.1, -0.05) is 17.8 Å². The van der Waals surface area contributed by atoms with E-state index in [2.05, 4.69) is 48.4 Å². The summed E-state index contributed by atoms with van der Waals surface area (Å²) in [6.07, 6.45) is 0. The molecule has 3 rings (SSSR count). The molecule has 0 saturated heterocycles. The van der Waals surface area contributed by atoms with Crippen LogP contribution in [0.25, 0.3) is 11.3 Å². The molecule has 0 saturated carbocycles. The first-order valence-corrected chi connectivity index (χ1v) is 10.5.